The predicted molar refractivity (Wildman–Crippen MR) is 78.0 cm³/mol. The van der Waals surface area contributed by atoms with Gasteiger partial charge in [-0.25, -0.2) is 0 Å². The molecule has 1 aromatic carbocycles. The molecule has 118 valence electrons. The maximum absolute atomic E-state index is 13.0. The molecule has 0 radical (unpaired) electrons. The summed E-state index contributed by atoms with van der Waals surface area (Å²) in [5.74, 6) is 0.533. The van der Waals surface area contributed by atoms with Crippen molar-refractivity contribution < 1.29 is 13.2 Å². The van der Waals surface area contributed by atoms with E-state index in [9.17, 15) is 13.2 Å². The average Bonchev–Trinajstić information content (AvgIpc) is 2.46. The summed E-state index contributed by atoms with van der Waals surface area (Å²) in [6, 6.07) is 6.25. The zero-order valence-electron chi connectivity index (χ0n) is 12.6. The van der Waals surface area contributed by atoms with Gasteiger partial charge in [-0.05, 0) is 17.5 Å². The van der Waals surface area contributed by atoms with Crippen LogP contribution in [-0.4, -0.2) is 30.6 Å². The number of alkyl halides is 3. The van der Waals surface area contributed by atoms with Crippen LogP contribution in [0.15, 0.2) is 24.3 Å². The van der Waals surface area contributed by atoms with E-state index in [0.717, 1.165) is 26.1 Å². The molecule has 5 heteroatoms. The SMILES string of the molecule is CCC(C)C1CN(Cc2ccccc2C(F)(F)F)CCN1. The van der Waals surface area contributed by atoms with Crippen LogP contribution in [0.5, 0.6) is 0 Å². The third kappa shape index (κ3) is 4.20. The Morgan fingerprint density at radius 3 is 2.71 bits per heavy atom. The second kappa shape index (κ2) is 6.79. The quantitative estimate of drug-likeness (QED) is 0.915. The molecule has 1 fully saturated rings. The van der Waals surface area contributed by atoms with Gasteiger partial charge in [0.25, 0.3) is 0 Å². The molecule has 0 aromatic heterocycles. The second-order valence-corrected chi connectivity index (χ2v) is 5.84. The Bertz CT molecular complexity index is 459. The molecule has 1 aliphatic heterocycles. The first-order valence-corrected chi connectivity index (χ1v) is 7.52. The van der Waals surface area contributed by atoms with Crippen LogP contribution in [0.4, 0.5) is 13.2 Å². The minimum Gasteiger partial charge on any atom is -0.311 e. The van der Waals surface area contributed by atoms with Crippen LogP contribution >= 0.6 is 0 Å². The fraction of sp³-hybridized carbons (Fsp3) is 0.625. The fourth-order valence-electron chi connectivity index (χ4n) is 2.83. The van der Waals surface area contributed by atoms with Gasteiger partial charge < -0.3 is 5.32 Å². The highest BCUT2D eigenvalue weighted by Gasteiger charge is 2.33. The Morgan fingerprint density at radius 2 is 2.05 bits per heavy atom. The third-order valence-corrected chi connectivity index (χ3v) is 4.34. The van der Waals surface area contributed by atoms with Gasteiger partial charge >= 0.3 is 6.18 Å². The van der Waals surface area contributed by atoms with E-state index in [1.54, 1.807) is 12.1 Å². The summed E-state index contributed by atoms with van der Waals surface area (Å²) in [5.41, 5.74) is -0.140. The highest BCUT2D eigenvalue weighted by molar-refractivity contribution is 5.29. The summed E-state index contributed by atoms with van der Waals surface area (Å²) in [5, 5.41) is 3.47. The lowest BCUT2D eigenvalue weighted by molar-refractivity contribution is -0.138. The van der Waals surface area contributed by atoms with Crippen molar-refractivity contribution in [1.29, 1.82) is 0 Å². The molecule has 0 amide bonds. The fourth-order valence-corrected chi connectivity index (χ4v) is 2.83. The predicted octanol–water partition coefficient (Wildman–Crippen LogP) is 3.53. The maximum atomic E-state index is 13.0. The highest BCUT2D eigenvalue weighted by Crippen LogP contribution is 2.32. The zero-order chi connectivity index (χ0) is 15.5. The Labute approximate surface area is 124 Å². The molecule has 1 N–H and O–H groups in total. The summed E-state index contributed by atoms with van der Waals surface area (Å²) >= 11 is 0. The molecular formula is C16H23F3N2. The molecule has 0 spiro atoms. The molecule has 2 rings (SSSR count). The molecular weight excluding hydrogens is 277 g/mol. The molecule has 2 atom stereocenters. The van der Waals surface area contributed by atoms with Gasteiger partial charge in [-0.3, -0.25) is 4.90 Å². The summed E-state index contributed by atoms with van der Waals surface area (Å²) in [6.45, 7) is 7.13. The summed E-state index contributed by atoms with van der Waals surface area (Å²) < 4.78 is 39.1. The normalized spacial score (nSPS) is 22.2. The number of hydrogen-bond acceptors (Lipinski definition) is 2. The number of nitrogens with one attached hydrogen (secondary N) is 1. The lowest BCUT2D eigenvalue weighted by atomic mass is 9.96. The topological polar surface area (TPSA) is 15.3 Å². The lowest BCUT2D eigenvalue weighted by Gasteiger charge is -2.37. The van der Waals surface area contributed by atoms with Gasteiger partial charge in [-0.1, -0.05) is 38.5 Å². The first kappa shape index (κ1) is 16.3. The Balaban J connectivity index is 2.08. The van der Waals surface area contributed by atoms with Crippen molar-refractivity contribution in [3.8, 4) is 0 Å². The molecule has 2 nitrogen and oxygen atoms in total. The van der Waals surface area contributed by atoms with E-state index >= 15 is 0 Å². The number of piperazine rings is 1. The minimum atomic E-state index is -4.28. The van der Waals surface area contributed by atoms with Crippen LogP contribution in [0.1, 0.15) is 31.4 Å². The van der Waals surface area contributed by atoms with Crippen molar-refractivity contribution in [2.75, 3.05) is 19.6 Å². The zero-order valence-corrected chi connectivity index (χ0v) is 12.6. The highest BCUT2D eigenvalue weighted by atomic mass is 19.4. The first-order chi connectivity index (χ1) is 9.91. The molecule has 0 bridgehead atoms. The van der Waals surface area contributed by atoms with Gasteiger partial charge in [0.15, 0.2) is 0 Å². The number of benzene rings is 1. The summed E-state index contributed by atoms with van der Waals surface area (Å²) in [6.07, 6.45) is -3.20. The Morgan fingerprint density at radius 1 is 1.33 bits per heavy atom. The van der Waals surface area contributed by atoms with Crippen molar-refractivity contribution >= 4 is 0 Å². The van der Waals surface area contributed by atoms with Crippen molar-refractivity contribution in [2.24, 2.45) is 5.92 Å². The largest absolute Gasteiger partial charge is 0.416 e. The van der Waals surface area contributed by atoms with Gasteiger partial charge in [0.05, 0.1) is 5.56 Å². The standard InChI is InChI=1S/C16H23F3N2/c1-3-12(2)15-11-21(9-8-20-15)10-13-6-4-5-7-14(13)16(17,18)19/h4-7,12,15,20H,3,8-11H2,1-2H3. The average molecular weight is 300 g/mol. The van der Waals surface area contributed by atoms with E-state index < -0.39 is 11.7 Å². The summed E-state index contributed by atoms with van der Waals surface area (Å²) in [4.78, 5) is 2.12. The van der Waals surface area contributed by atoms with E-state index in [4.69, 9.17) is 0 Å². The maximum Gasteiger partial charge on any atom is 0.416 e. The van der Waals surface area contributed by atoms with Crippen LogP contribution in [0.3, 0.4) is 0 Å². The minimum absolute atomic E-state index is 0.363. The van der Waals surface area contributed by atoms with E-state index in [0.29, 0.717) is 24.1 Å². The molecule has 1 aliphatic rings. The third-order valence-electron chi connectivity index (χ3n) is 4.34. The molecule has 1 aromatic rings. The monoisotopic (exact) mass is 300 g/mol. The number of rotatable bonds is 4. The van der Waals surface area contributed by atoms with Crippen molar-refractivity contribution in [1.82, 2.24) is 10.2 Å². The summed E-state index contributed by atoms with van der Waals surface area (Å²) in [7, 11) is 0. The van der Waals surface area contributed by atoms with Gasteiger partial charge in [0.1, 0.15) is 0 Å². The molecule has 0 aliphatic carbocycles. The van der Waals surface area contributed by atoms with Crippen molar-refractivity contribution in [3.63, 3.8) is 0 Å². The van der Waals surface area contributed by atoms with Gasteiger partial charge in [-0.15, -0.1) is 0 Å². The molecule has 1 heterocycles. The van der Waals surface area contributed by atoms with Crippen molar-refractivity contribution in [2.45, 2.75) is 39.0 Å². The van der Waals surface area contributed by atoms with Gasteiger partial charge in [-0.2, -0.15) is 13.2 Å². The Kier molecular flexibility index (Phi) is 5.27. The van der Waals surface area contributed by atoms with E-state index in [2.05, 4.69) is 24.1 Å². The number of hydrogen-bond donors (Lipinski definition) is 1. The van der Waals surface area contributed by atoms with Crippen LogP contribution in [0, 0.1) is 5.92 Å². The lowest BCUT2D eigenvalue weighted by Crippen LogP contribution is -2.52. The van der Waals surface area contributed by atoms with Crippen molar-refractivity contribution in [3.05, 3.63) is 35.4 Å². The smallest absolute Gasteiger partial charge is 0.311 e. The van der Waals surface area contributed by atoms with Gasteiger partial charge in [0, 0.05) is 32.2 Å². The molecule has 21 heavy (non-hydrogen) atoms. The molecule has 2 unspecified atom stereocenters. The van der Waals surface area contributed by atoms with Crippen LogP contribution in [-0.2, 0) is 12.7 Å². The van der Waals surface area contributed by atoms with E-state index in [1.165, 1.54) is 12.1 Å². The Hall–Kier alpha value is -1.07. The second-order valence-electron chi connectivity index (χ2n) is 5.84. The number of nitrogens with zero attached hydrogens (tertiary/aromatic N) is 1. The van der Waals surface area contributed by atoms with Gasteiger partial charge in [0.2, 0.25) is 0 Å². The number of halogens is 3. The van der Waals surface area contributed by atoms with E-state index in [1.807, 2.05) is 0 Å². The molecule has 0 saturated carbocycles. The van der Waals surface area contributed by atoms with Crippen LogP contribution in [0.2, 0.25) is 0 Å². The molecule has 1 saturated heterocycles. The van der Waals surface area contributed by atoms with Crippen LogP contribution < -0.4 is 5.32 Å². The van der Waals surface area contributed by atoms with Crippen LogP contribution in [0.25, 0.3) is 0 Å². The first-order valence-electron chi connectivity index (χ1n) is 7.52. The van der Waals surface area contributed by atoms with E-state index in [-0.39, 0.29) is 0 Å².